The third kappa shape index (κ3) is 16.7. The fraction of sp³-hybridized carbons (Fsp3) is 0.119. The zero-order valence-corrected chi connectivity index (χ0v) is 37.6. The van der Waals surface area contributed by atoms with Crippen molar-refractivity contribution in [3.8, 4) is 50.3 Å². The first-order valence-electron chi connectivity index (χ1n) is 21.2. The zero-order valence-electron chi connectivity index (χ0n) is 37.6. The summed E-state index contributed by atoms with van der Waals surface area (Å²) in [5, 5.41) is 12.3. The predicted octanol–water partition coefficient (Wildman–Crippen LogP) is 16.9. The molecule has 8 aromatic rings. The van der Waals surface area contributed by atoms with Crippen LogP contribution in [0.4, 0.5) is 22.7 Å². The molecule has 65 heavy (non-hydrogen) atoms. The topological polar surface area (TPSA) is 49.7 Å². The molecule has 6 nitrogen and oxygen atoms in total. The van der Waals surface area contributed by atoms with Crippen molar-refractivity contribution in [2.45, 2.75) is 34.6 Å². The molecular weight excluding hydrogens is 795 g/mol. The van der Waals surface area contributed by atoms with Crippen LogP contribution in [0.25, 0.3) is 63.9 Å². The van der Waals surface area contributed by atoms with E-state index >= 15 is 0 Å². The van der Waals surface area contributed by atoms with Crippen molar-refractivity contribution in [3.05, 3.63) is 256 Å². The minimum absolute atomic E-state index is 0.261. The second kappa shape index (κ2) is 26.7. The Morgan fingerprint density at radius 1 is 0.308 bits per heavy atom. The molecule has 8 aromatic carbocycles. The summed E-state index contributed by atoms with van der Waals surface area (Å²) in [5.41, 5.74) is 15.6. The third-order valence-corrected chi connectivity index (χ3v) is 9.84. The SMILES string of the molecule is CCNCC.[C-]#[N+]c1ccc(-c2ccc(C)cc2)cc1.[C-]#[N+]c1ccc(-c2ccc(C)cc2)cc1.[C-]#[N+]c1ccc(-c2ccc(C)cc2)cc1.[C-]#[N+]c1ccc(-c2ccc(O)cc2)cc1. The molecule has 0 spiro atoms. The minimum Gasteiger partial charge on any atom is -0.508 e. The van der Waals surface area contributed by atoms with E-state index in [4.69, 9.17) is 31.4 Å². The van der Waals surface area contributed by atoms with Crippen LogP contribution in [0.2, 0.25) is 0 Å². The molecule has 0 fully saturated rings. The maximum absolute atomic E-state index is 9.15. The zero-order chi connectivity index (χ0) is 46.8. The number of benzene rings is 8. The molecule has 0 bridgehead atoms. The second-order valence-electron chi connectivity index (χ2n) is 14.7. The van der Waals surface area contributed by atoms with E-state index < -0.39 is 0 Å². The second-order valence-corrected chi connectivity index (χ2v) is 14.7. The number of aromatic hydroxyl groups is 1. The van der Waals surface area contributed by atoms with E-state index in [9.17, 15) is 0 Å². The standard InChI is InChI=1S/3C14H11N.C13H9NO.C4H11N/c3*1-11-3-5-12(6-4-11)13-7-9-14(15-2)10-8-13;1-14-12-6-2-10(3-7-12)11-4-8-13(15)9-5-11;1-3-5-4-2/h3*3-10H,1H3;2-9,15H;5H,3-4H2,1-2H3. The Bertz CT molecular complexity index is 2410. The van der Waals surface area contributed by atoms with Gasteiger partial charge in [0, 0.05) is 0 Å². The van der Waals surface area contributed by atoms with Crippen molar-refractivity contribution in [1.29, 1.82) is 0 Å². The van der Waals surface area contributed by atoms with E-state index in [0.717, 1.165) is 40.9 Å². The molecule has 2 N–H and O–H groups in total. The van der Waals surface area contributed by atoms with Crippen LogP contribution < -0.4 is 5.32 Å². The van der Waals surface area contributed by atoms with Gasteiger partial charge in [-0.3, -0.25) is 0 Å². The maximum Gasteiger partial charge on any atom is 0.187 e. The number of nitrogens with one attached hydrogen (secondary N) is 1. The molecule has 0 aliphatic carbocycles. The highest BCUT2D eigenvalue weighted by atomic mass is 16.3. The van der Waals surface area contributed by atoms with E-state index in [-0.39, 0.29) is 5.75 Å². The summed E-state index contributed by atoms with van der Waals surface area (Å²) in [4.78, 5) is 13.4. The molecule has 0 radical (unpaired) electrons. The third-order valence-electron chi connectivity index (χ3n) is 9.84. The lowest BCUT2D eigenvalue weighted by molar-refractivity contribution is 0.475. The van der Waals surface area contributed by atoms with Gasteiger partial charge in [0.2, 0.25) is 0 Å². The van der Waals surface area contributed by atoms with Gasteiger partial charge in [0.1, 0.15) is 5.75 Å². The van der Waals surface area contributed by atoms with Crippen LogP contribution in [0.3, 0.4) is 0 Å². The Kier molecular flexibility index (Phi) is 20.2. The molecule has 0 unspecified atom stereocenters. The molecule has 8 rings (SSSR count). The molecule has 0 saturated heterocycles. The number of hydrogen-bond acceptors (Lipinski definition) is 2. The highest BCUT2D eigenvalue weighted by Crippen LogP contribution is 2.26. The monoisotopic (exact) mass is 847 g/mol. The van der Waals surface area contributed by atoms with Gasteiger partial charge in [-0.2, -0.15) is 0 Å². The Morgan fingerprint density at radius 2 is 0.477 bits per heavy atom. The average molecular weight is 848 g/mol. The van der Waals surface area contributed by atoms with Crippen LogP contribution in [-0.4, -0.2) is 18.2 Å². The van der Waals surface area contributed by atoms with Crippen molar-refractivity contribution in [1.82, 2.24) is 5.32 Å². The highest BCUT2D eigenvalue weighted by Gasteiger charge is 2.00. The number of nitrogens with zero attached hydrogens (tertiary/aromatic N) is 4. The Balaban J connectivity index is 0.000000183. The van der Waals surface area contributed by atoms with Crippen molar-refractivity contribution in [3.63, 3.8) is 0 Å². The lowest BCUT2D eigenvalue weighted by atomic mass is 10.0. The summed E-state index contributed by atoms with van der Waals surface area (Å²) < 4.78 is 0. The van der Waals surface area contributed by atoms with Gasteiger partial charge in [0.25, 0.3) is 0 Å². The molecule has 0 heterocycles. The van der Waals surface area contributed by atoms with Crippen molar-refractivity contribution in [2.75, 3.05) is 13.1 Å². The highest BCUT2D eigenvalue weighted by molar-refractivity contribution is 5.69. The van der Waals surface area contributed by atoms with Gasteiger partial charge in [0.15, 0.2) is 22.7 Å². The van der Waals surface area contributed by atoms with Crippen LogP contribution in [0.15, 0.2) is 194 Å². The lowest BCUT2D eigenvalue weighted by Crippen LogP contribution is -2.09. The van der Waals surface area contributed by atoms with Gasteiger partial charge >= 0.3 is 0 Å². The molecule has 0 aromatic heterocycles. The molecule has 320 valence electrons. The van der Waals surface area contributed by atoms with E-state index in [1.54, 1.807) is 24.3 Å². The van der Waals surface area contributed by atoms with Crippen molar-refractivity contribution in [2.24, 2.45) is 0 Å². The molecular formula is C59H53N5O. The fourth-order valence-corrected chi connectivity index (χ4v) is 6.06. The first-order valence-corrected chi connectivity index (χ1v) is 21.2. The quantitative estimate of drug-likeness (QED) is 0.164. The van der Waals surface area contributed by atoms with E-state index in [2.05, 4.69) is 132 Å². The molecule has 0 aliphatic heterocycles. The number of aryl methyl sites for hydroxylation is 3. The summed E-state index contributed by atoms with van der Waals surface area (Å²) in [7, 11) is 0. The number of rotatable bonds is 6. The molecule has 0 aliphatic rings. The van der Waals surface area contributed by atoms with Crippen LogP contribution in [0, 0.1) is 47.1 Å². The summed E-state index contributed by atoms with van der Waals surface area (Å²) in [5.74, 6) is 0.261. The van der Waals surface area contributed by atoms with E-state index in [1.807, 2.05) is 97.1 Å². The van der Waals surface area contributed by atoms with E-state index in [1.165, 1.54) is 33.4 Å². The Labute approximate surface area is 386 Å². The summed E-state index contributed by atoms with van der Waals surface area (Å²) in [6, 6.07) is 62.5. The number of hydrogen-bond donors (Lipinski definition) is 2. The summed E-state index contributed by atoms with van der Waals surface area (Å²) in [6.07, 6.45) is 0. The normalized spacial score (nSPS) is 9.49. The minimum atomic E-state index is 0.261. The van der Waals surface area contributed by atoms with Gasteiger partial charge in [-0.15, -0.1) is 0 Å². The molecule has 0 saturated carbocycles. The van der Waals surface area contributed by atoms with Crippen LogP contribution >= 0.6 is 0 Å². The Hall–Kier alpha value is -8.52. The van der Waals surface area contributed by atoms with E-state index in [0.29, 0.717) is 22.7 Å². The van der Waals surface area contributed by atoms with Crippen molar-refractivity contribution >= 4 is 22.7 Å². The smallest absolute Gasteiger partial charge is 0.187 e. The van der Waals surface area contributed by atoms with Gasteiger partial charge in [-0.25, -0.2) is 19.4 Å². The summed E-state index contributed by atoms with van der Waals surface area (Å²) >= 11 is 0. The van der Waals surface area contributed by atoms with Crippen LogP contribution in [0.5, 0.6) is 5.75 Å². The van der Waals surface area contributed by atoms with Gasteiger partial charge < -0.3 is 10.4 Å². The fourth-order valence-electron chi connectivity index (χ4n) is 6.06. The average Bonchev–Trinajstić information content (AvgIpc) is 3.36. The van der Waals surface area contributed by atoms with Crippen molar-refractivity contribution < 1.29 is 5.11 Å². The number of phenolic OH excluding ortho intramolecular Hbond substituents is 1. The predicted molar refractivity (Wildman–Crippen MR) is 273 cm³/mol. The van der Waals surface area contributed by atoms with Gasteiger partial charge in [-0.05, 0) is 90.5 Å². The van der Waals surface area contributed by atoms with Crippen LogP contribution in [0.1, 0.15) is 30.5 Å². The molecule has 6 heteroatoms. The first-order chi connectivity index (χ1) is 31.6. The van der Waals surface area contributed by atoms with Gasteiger partial charge in [0.05, 0.1) is 26.3 Å². The maximum atomic E-state index is 9.15. The molecule has 0 amide bonds. The van der Waals surface area contributed by atoms with Crippen LogP contribution in [-0.2, 0) is 0 Å². The summed E-state index contributed by atoms with van der Waals surface area (Å²) in [6.45, 7) is 40.1. The first kappa shape index (κ1) is 49.1. The Morgan fingerprint density at radius 3 is 0.631 bits per heavy atom. The largest absolute Gasteiger partial charge is 0.508 e. The number of phenols is 1. The van der Waals surface area contributed by atoms with Gasteiger partial charge in [-0.1, -0.05) is 213 Å². The molecule has 0 atom stereocenters. The lowest BCUT2D eigenvalue weighted by Gasteiger charge is -2.01.